The second-order valence-electron chi connectivity index (χ2n) is 4.96. The zero-order valence-corrected chi connectivity index (χ0v) is 11.0. The third-order valence-electron chi connectivity index (χ3n) is 3.72. The van der Waals surface area contributed by atoms with Gasteiger partial charge in [0, 0.05) is 25.2 Å². The normalized spacial score (nSPS) is 16.3. The molecule has 0 atom stereocenters. The van der Waals surface area contributed by atoms with Crippen molar-refractivity contribution in [2.45, 2.75) is 38.6 Å². The highest BCUT2D eigenvalue weighted by molar-refractivity contribution is 5.78. The van der Waals surface area contributed by atoms with E-state index in [1.807, 2.05) is 31.3 Å². The Balaban J connectivity index is 1.88. The Hall–Kier alpha value is -1.51. The number of para-hydroxylation sites is 1. The number of benzene rings is 1. The first-order valence-corrected chi connectivity index (χ1v) is 6.84. The highest BCUT2D eigenvalue weighted by atomic mass is 16.1. The molecule has 18 heavy (non-hydrogen) atoms. The van der Waals surface area contributed by atoms with Crippen LogP contribution in [0.25, 0.3) is 0 Å². The lowest BCUT2D eigenvalue weighted by Crippen LogP contribution is -2.31. The van der Waals surface area contributed by atoms with Gasteiger partial charge in [0.25, 0.3) is 0 Å². The van der Waals surface area contributed by atoms with Gasteiger partial charge in [0.1, 0.15) is 0 Å². The Morgan fingerprint density at radius 2 is 1.94 bits per heavy atom. The molecule has 0 radical (unpaired) electrons. The van der Waals surface area contributed by atoms with Gasteiger partial charge in [-0.2, -0.15) is 0 Å². The first kappa shape index (κ1) is 12.9. The molecule has 0 unspecified atom stereocenters. The summed E-state index contributed by atoms with van der Waals surface area (Å²) in [4.78, 5) is 12.0. The fraction of sp³-hybridized carbons (Fsp3) is 0.533. The Morgan fingerprint density at radius 1 is 1.22 bits per heavy atom. The number of nitrogens with one attached hydrogen (secondary N) is 2. The van der Waals surface area contributed by atoms with Gasteiger partial charge in [0.05, 0.1) is 0 Å². The van der Waals surface area contributed by atoms with Crippen LogP contribution in [-0.2, 0) is 11.3 Å². The summed E-state index contributed by atoms with van der Waals surface area (Å²) in [6, 6.07) is 8.08. The third-order valence-corrected chi connectivity index (χ3v) is 3.72. The van der Waals surface area contributed by atoms with E-state index in [1.165, 1.54) is 19.3 Å². The van der Waals surface area contributed by atoms with Crippen molar-refractivity contribution in [3.63, 3.8) is 0 Å². The zero-order valence-electron chi connectivity index (χ0n) is 11.0. The van der Waals surface area contributed by atoms with Crippen LogP contribution in [0.15, 0.2) is 24.3 Å². The van der Waals surface area contributed by atoms with E-state index in [2.05, 4.69) is 10.6 Å². The summed E-state index contributed by atoms with van der Waals surface area (Å²) >= 11 is 0. The van der Waals surface area contributed by atoms with Crippen LogP contribution in [0.3, 0.4) is 0 Å². The van der Waals surface area contributed by atoms with Crippen LogP contribution in [0.4, 0.5) is 5.69 Å². The Morgan fingerprint density at radius 3 is 2.67 bits per heavy atom. The van der Waals surface area contributed by atoms with Gasteiger partial charge in [0.2, 0.25) is 5.91 Å². The number of hydrogen-bond donors (Lipinski definition) is 2. The monoisotopic (exact) mass is 246 g/mol. The number of amides is 1. The molecule has 98 valence electrons. The molecule has 0 saturated heterocycles. The summed E-state index contributed by atoms with van der Waals surface area (Å²) < 4.78 is 0. The fourth-order valence-electron chi connectivity index (χ4n) is 2.61. The largest absolute Gasteiger partial charge is 0.388 e. The molecule has 0 aliphatic heterocycles. The maximum absolute atomic E-state index is 12.0. The predicted molar refractivity (Wildman–Crippen MR) is 74.4 cm³/mol. The van der Waals surface area contributed by atoms with Gasteiger partial charge in [-0.25, -0.2) is 0 Å². The van der Waals surface area contributed by atoms with Gasteiger partial charge in [-0.15, -0.1) is 0 Å². The van der Waals surface area contributed by atoms with Crippen LogP contribution in [-0.4, -0.2) is 13.0 Å². The summed E-state index contributed by atoms with van der Waals surface area (Å²) in [5.74, 6) is 0.459. The molecule has 0 bridgehead atoms. The summed E-state index contributed by atoms with van der Waals surface area (Å²) in [6.45, 7) is 0.617. The lowest BCUT2D eigenvalue weighted by Gasteiger charge is -2.21. The standard InChI is InChI=1S/C15H22N2O/c1-16-14-10-6-5-9-13(14)11-17-15(18)12-7-3-2-4-8-12/h5-6,9-10,12,16H,2-4,7-8,11H2,1H3,(H,17,18). The van der Waals surface area contributed by atoms with Crippen LogP contribution in [0.2, 0.25) is 0 Å². The van der Waals surface area contributed by atoms with Gasteiger partial charge < -0.3 is 10.6 Å². The molecule has 1 fully saturated rings. The minimum atomic E-state index is 0.223. The average Bonchev–Trinajstić information content (AvgIpc) is 2.46. The summed E-state index contributed by atoms with van der Waals surface area (Å²) in [5.41, 5.74) is 2.23. The lowest BCUT2D eigenvalue weighted by atomic mass is 9.88. The van der Waals surface area contributed by atoms with Crippen molar-refractivity contribution in [2.75, 3.05) is 12.4 Å². The number of anilines is 1. The van der Waals surface area contributed by atoms with E-state index in [1.54, 1.807) is 0 Å². The van der Waals surface area contributed by atoms with E-state index < -0.39 is 0 Å². The lowest BCUT2D eigenvalue weighted by molar-refractivity contribution is -0.126. The smallest absolute Gasteiger partial charge is 0.223 e. The van der Waals surface area contributed by atoms with Crippen LogP contribution >= 0.6 is 0 Å². The maximum atomic E-state index is 12.0. The van der Waals surface area contributed by atoms with Crippen LogP contribution in [0, 0.1) is 5.92 Å². The minimum absolute atomic E-state index is 0.223. The van der Waals surface area contributed by atoms with Gasteiger partial charge in [-0.3, -0.25) is 4.79 Å². The number of carbonyl (C=O) groups excluding carboxylic acids is 1. The molecule has 1 aliphatic carbocycles. The van der Waals surface area contributed by atoms with Crippen molar-refractivity contribution in [2.24, 2.45) is 5.92 Å². The number of hydrogen-bond acceptors (Lipinski definition) is 2. The Labute approximate surface area is 109 Å². The molecule has 1 aromatic rings. The Bertz CT molecular complexity index is 397. The minimum Gasteiger partial charge on any atom is -0.388 e. The highest BCUT2D eigenvalue weighted by Crippen LogP contribution is 2.24. The Kier molecular flexibility index (Phi) is 4.62. The van der Waals surface area contributed by atoms with Gasteiger partial charge in [-0.05, 0) is 24.5 Å². The summed E-state index contributed by atoms with van der Waals surface area (Å²) in [7, 11) is 1.90. The van der Waals surface area contributed by atoms with E-state index >= 15 is 0 Å². The van der Waals surface area contributed by atoms with Crippen molar-refractivity contribution in [1.82, 2.24) is 5.32 Å². The zero-order chi connectivity index (χ0) is 12.8. The fourth-order valence-corrected chi connectivity index (χ4v) is 2.61. The molecule has 2 rings (SSSR count). The highest BCUT2D eigenvalue weighted by Gasteiger charge is 2.20. The van der Waals surface area contributed by atoms with Crippen LogP contribution in [0.5, 0.6) is 0 Å². The van der Waals surface area contributed by atoms with Crippen molar-refractivity contribution >= 4 is 11.6 Å². The molecule has 1 saturated carbocycles. The van der Waals surface area contributed by atoms with E-state index in [0.717, 1.165) is 24.1 Å². The molecule has 0 spiro atoms. The van der Waals surface area contributed by atoms with Crippen molar-refractivity contribution in [3.05, 3.63) is 29.8 Å². The van der Waals surface area contributed by atoms with Crippen LogP contribution < -0.4 is 10.6 Å². The predicted octanol–water partition coefficient (Wildman–Crippen LogP) is 2.92. The molecular formula is C15H22N2O. The first-order valence-electron chi connectivity index (χ1n) is 6.84. The molecule has 2 N–H and O–H groups in total. The molecule has 1 aliphatic rings. The van der Waals surface area contributed by atoms with Gasteiger partial charge in [0.15, 0.2) is 0 Å². The van der Waals surface area contributed by atoms with E-state index in [4.69, 9.17) is 0 Å². The van der Waals surface area contributed by atoms with Crippen LogP contribution in [0.1, 0.15) is 37.7 Å². The topological polar surface area (TPSA) is 41.1 Å². The molecule has 3 nitrogen and oxygen atoms in total. The molecule has 3 heteroatoms. The van der Waals surface area contributed by atoms with E-state index in [9.17, 15) is 4.79 Å². The quantitative estimate of drug-likeness (QED) is 0.857. The van der Waals surface area contributed by atoms with Crippen molar-refractivity contribution in [1.29, 1.82) is 0 Å². The number of rotatable bonds is 4. The van der Waals surface area contributed by atoms with Gasteiger partial charge >= 0.3 is 0 Å². The molecular weight excluding hydrogens is 224 g/mol. The number of carbonyl (C=O) groups is 1. The van der Waals surface area contributed by atoms with Crippen molar-refractivity contribution < 1.29 is 4.79 Å². The SMILES string of the molecule is CNc1ccccc1CNC(=O)C1CCCCC1. The molecule has 1 amide bonds. The average molecular weight is 246 g/mol. The second-order valence-corrected chi connectivity index (χ2v) is 4.96. The van der Waals surface area contributed by atoms with Crippen molar-refractivity contribution in [3.8, 4) is 0 Å². The van der Waals surface area contributed by atoms with Gasteiger partial charge in [-0.1, -0.05) is 37.5 Å². The van der Waals surface area contributed by atoms with E-state index in [-0.39, 0.29) is 11.8 Å². The molecule has 0 aromatic heterocycles. The molecule has 0 heterocycles. The summed E-state index contributed by atoms with van der Waals surface area (Å²) in [6.07, 6.45) is 5.79. The molecule has 1 aromatic carbocycles. The van der Waals surface area contributed by atoms with E-state index in [0.29, 0.717) is 6.54 Å². The maximum Gasteiger partial charge on any atom is 0.223 e. The second kappa shape index (κ2) is 6.43. The summed E-state index contributed by atoms with van der Waals surface area (Å²) in [5, 5.41) is 6.21. The first-order chi connectivity index (χ1) is 8.81. The third kappa shape index (κ3) is 3.25.